The molecule has 0 saturated carbocycles. The number of hydrogen-bond donors (Lipinski definition) is 1. The van der Waals surface area contributed by atoms with Crippen molar-refractivity contribution in [3.05, 3.63) is 17.5 Å². The molecule has 0 aliphatic rings. The lowest BCUT2D eigenvalue weighted by Crippen LogP contribution is -2.24. The number of ether oxygens (including phenoxy) is 1. The van der Waals surface area contributed by atoms with E-state index in [-0.39, 0.29) is 0 Å². The lowest BCUT2D eigenvalue weighted by Gasteiger charge is -2.18. The van der Waals surface area contributed by atoms with Gasteiger partial charge in [-0.2, -0.15) is 5.10 Å². The van der Waals surface area contributed by atoms with E-state index in [1.165, 1.54) is 5.69 Å². The number of methoxy groups -OCH3 is 1. The summed E-state index contributed by atoms with van der Waals surface area (Å²) >= 11 is 0. The Kier molecular flexibility index (Phi) is 6.22. The number of nitrogens with zero attached hydrogens (tertiary/aromatic N) is 2. The van der Waals surface area contributed by atoms with Crippen molar-refractivity contribution < 1.29 is 4.74 Å². The van der Waals surface area contributed by atoms with Gasteiger partial charge in [-0.25, -0.2) is 0 Å². The molecule has 1 aromatic heterocycles. The first-order chi connectivity index (χ1) is 8.19. The minimum atomic E-state index is 0.385. The monoisotopic (exact) mass is 239 g/mol. The highest BCUT2D eigenvalue weighted by Gasteiger charge is 2.14. The third kappa shape index (κ3) is 4.48. The number of hydrogen-bond acceptors (Lipinski definition) is 3. The summed E-state index contributed by atoms with van der Waals surface area (Å²) < 4.78 is 7.10. The number of nitrogens with one attached hydrogen (secondary N) is 1. The third-order valence-electron chi connectivity index (χ3n) is 2.88. The van der Waals surface area contributed by atoms with Crippen LogP contribution in [0, 0.1) is 6.92 Å². The summed E-state index contributed by atoms with van der Waals surface area (Å²) in [5.41, 5.74) is 2.35. The number of rotatable bonds is 8. The van der Waals surface area contributed by atoms with Gasteiger partial charge in [0.05, 0.1) is 11.4 Å². The first-order valence-corrected chi connectivity index (χ1v) is 6.41. The van der Waals surface area contributed by atoms with Crippen molar-refractivity contribution in [1.29, 1.82) is 0 Å². The van der Waals surface area contributed by atoms with Gasteiger partial charge in [-0.05, 0) is 38.8 Å². The molecule has 0 aliphatic carbocycles. The molecule has 0 aromatic carbocycles. The maximum Gasteiger partial charge on any atom is 0.0597 e. The van der Waals surface area contributed by atoms with Crippen LogP contribution in [0.2, 0.25) is 0 Å². The van der Waals surface area contributed by atoms with Gasteiger partial charge >= 0.3 is 0 Å². The number of aromatic nitrogens is 2. The largest absolute Gasteiger partial charge is 0.385 e. The minimum absolute atomic E-state index is 0.385. The van der Waals surface area contributed by atoms with Crippen molar-refractivity contribution in [2.45, 2.75) is 39.2 Å². The molecule has 0 spiro atoms. The second-order valence-corrected chi connectivity index (χ2v) is 4.48. The van der Waals surface area contributed by atoms with Crippen molar-refractivity contribution in [3.63, 3.8) is 0 Å². The zero-order chi connectivity index (χ0) is 12.7. The van der Waals surface area contributed by atoms with Crippen LogP contribution in [0.5, 0.6) is 0 Å². The SMILES string of the molecule is CCCNC(CCCOC)c1cc(C)nn1C. The second-order valence-electron chi connectivity index (χ2n) is 4.48. The summed E-state index contributed by atoms with van der Waals surface area (Å²) in [5, 5.41) is 8.00. The summed E-state index contributed by atoms with van der Waals surface area (Å²) in [6.07, 6.45) is 3.31. The van der Waals surface area contributed by atoms with Gasteiger partial charge in [0.1, 0.15) is 0 Å². The predicted molar refractivity (Wildman–Crippen MR) is 70.1 cm³/mol. The molecule has 4 nitrogen and oxygen atoms in total. The average molecular weight is 239 g/mol. The van der Waals surface area contributed by atoms with Crippen LogP contribution in [0.15, 0.2) is 6.07 Å². The van der Waals surface area contributed by atoms with Gasteiger partial charge in [0.2, 0.25) is 0 Å². The highest BCUT2D eigenvalue weighted by atomic mass is 16.5. The fourth-order valence-corrected chi connectivity index (χ4v) is 2.06. The Morgan fingerprint density at radius 1 is 1.53 bits per heavy atom. The molecule has 1 aromatic rings. The van der Waals surface area contributed by atoms with Gasteiger partial charge in [0, 0.05) is 26.8 Å². The van der Waals surface area contributed by atoms with Crippen LogP contribution >= 0.6 is 0 Å². The molecule has 1 heterocycles. The maximum absolute atomic E-state index is 5.12. The molecule has 0 radical (unpaired) electrons. The molecule has 1 unspecified atom stereocenters. The smallest absolute Gasteiger partial charge is 0.0597 e. The Morgan fingerprint density at radius 3 is 2.82 bits per heavy atom. The van der Waals surface area contributed by atoms with Crippen LogP contribution in [-0.4, -0.2) is 30.0 Å². The van der Waals surface area contributed by atoms with E-state index in [4.69, 9.17) is 4.74 Å². The van der Waals surface area contributed by atoms with Crippen LogP contribution in [0.3, 0.4) is 0 Å². The molecule has 1 N–H and O–H groups in total. The first-order valence-electron chi connectivity index (χ1n) is 6.41. The second kappa shape index (κ2) is 7.45. The van der Waals surface area contributed by atoms with Crippen molar-refractivity contribution in [2.24, 2.45) is 7.05 Å². The zero-order valence-corrected chi connectivity index (χ0v) is 11.5. The van der Waals surface area contributed by atoms with Crippen LogP contribution in [0.1, 0.15) is 43.6 Å². The molecule has 0 aliphatic heterocycles. The lowest BCUT2D eigenvalue weighted by atomic mass is 10.1. The van der Waals surface area contributed by atoms with E-state index in [1.807, 2.05) is 18.7 Å². The van der Waals surface area contributed by atoms with E-state index in [0.717, 1.165) is 38.1 Å². The number of aryl methyl sites for hydroxylation is 2. The fraction of sp³-hybridized carbons (Fsp3) is 0.769. The molecule has 0 fully saturated rings. The summed E-state index contributed by atoms with van der Waals surface area (Å²) in [7, 11) is 3.77. The van der Waals surface area contributed by atoms with E-state index >= 15 is 0 Å². The minimum Gasteiger partial charge on any atom is -0.385 e. The third-order valence-corrected chi connectivity index (χ3v) is 2.88. The van der Waals surface area contributed by atoms with E-state index in [2.05, 4.69) is 23.4 Å². The van der Waals surface area contributed by atoms with Crippen LogP contribution in [-0.2, 0) is 11.8 Å². The molecule has 0 amide bonds. The van der Waals surface area contributed by atoms with Crippen molar-refractivity contribution in [3.8, 4) is 0 Å². The Hall–Kier alpha value is -0.870. The van der Waals surface area contributed by atoms with E-state index in [0.29, 0.717) is 6.04 Å². The molecule has 17 heavy (non-hydrogen) atoms. The Morgan fingerprint density at radius 2 is 2.29 bits per heavy atom. The summed E-state index contributed by atoms with van der Waals surface area (Å²) in [4.78, 5) is 0. The van der Waals surface area contributed by atoms with E-state index in [1.54, 1.807) is 7.11 Å². The van der Waals surface area contributed by atoms with Gasteiger partial charge in [-0.1, -0.05) is 6.92 Å². The van der Waals surface area contributed by atoms with Crippen LogP contribution < -0.4 is 5.32 Å². The quantitative estimate of drug-likeness (QED) is 0.707. The van der Waals surface area contributed by atoms with E-state index in [9.17, 15) is 0 Å². The molecule has 4 heteroatoms. The summed E-state index contributed by atoms with van der Waals surface area (Å²) in [6.45, 7) is 6.09. The van der Waals surface area contributed by atoms with Gasteiger partial charge in [-0.3, -0.25) is 4.68 Å². The normalized spacial score (nSPS) is 12.9. The molecular weight excluding hydrogens is 214 g/mol. The highest BCUT2D eigenvalue weighted by molar-refractivity contribution is 5.13. The van der Waals surface area contributed by atoms with E-state index < -0.39 is 0 Å². The standard InChI is InChI=1S/C13H25N3O/c1-5-8-14-12(7-6-9-17-4)13-10-11(2)15-16(13)3/h10,12,14H,5-9H2,1-4H3. The summed E-state index contributed by atoms with van der Waals surface area (Å²) in [6, 6.07) is 2.55. The first kappa shape index (κ1) is 14.2. The van der Waals surface area contributed by atoms with Crippen LogP contribution in [0.25, 0.3) is 0 Å². The van der Waals surface area contributed by atoms with Gasteiger partial charge < -0.3 is 10.1 Å². The molecule has 1 atom stereocenters. The van der Waals surface area contributed by atoms with Gasteiger partial charge in [0.25, 0.3) is 0 Å². The van der Waals surface area contributed by atoms with Crippen molar-refractivity contribution in [1.82, 2.24) is 15.1 Å². The molecule has 0 saturated heterocycles. The molecular formula is C13H25N3O. The molecule has 0 bridgehead atoms. The molecule has 98 valence electrons. The lowest BCUT2D eigenvalue weighted by molar-refractivity contribution is 0.188. The highest BCUT2D eigenvalue weighted by Crippen LogP contribution is 2.19. The zero-order valence-electron chi connectivity index (χ0n) is 11.5. The van der Waals surface area contributed by atoms with Gasteiger partial charge in [-0.15, -0.1) is 0 Å². The molecule has 1 rings (SSSR count). The fourth-order valence-electron chi connectivity index (χ4n) is 2.06. The maximum atomic E-state index is 5.12. The van der Waals surface area contributed by atoms with Crippen LogP contribution in [0.4, 0.5) is 0 Å². The average Bonchev–Trinajstić information content (AvgIpc) is 2.63. The summed E-state index contributed by atoms with van der Waals surface area (Å²) in [5.74, 6) is 0. The van der Waals surface area contributed by atoms with Crippen molar-refractivity contribution in [2.75, 3.05) is 20.3 Å². The van der Waals surface area contributed by atoms with Gasteiger partial charge in [0.15, 0.2) is 0 Å². The van der Waals surface area contributed by atoms with Crippen molar-refractivity contribution >= 4 is 0 Å². The Bertz CT molecular complexity index is 322. The Balaban J connectivity index is 2.64. The predicted octanol–water partition coefficient (Wildman–Crippen LogP) is 2.20. The topological polar surface area (TPSA) is 39.1 Å². The Labute approximate surface area is 104 Å².